The number of aromatic amines is 2. The standard InChI is InChI=1S/2C13H11N3O2S.4C2H4O2.4CH4O.2Sm/c2*17-11-6-2-1-4-9(11)8-15-16-12(18)10-5-3-7-14-13(10)19;4*1-2(3)4;4*1-2;;/h2*1-8,17H,(H,14,19)(H,16,18);4*1H3,(H,3,4);4*2H,1H3;;/q;;;;;;;;;;2*+3/p-6/b2*15-8+;;;;;;;;;;. The van der Waals surface area contributed by atoms with Gasteiger partial charge in [0.15, 0.2) is 0 Å². The topological polar surface area (TPSA) is 402 Å². The number of aliphatic carboxylic acids is 4. The average Bonchev–Trinajstić information content (AvgIpc) is 3.22. The van der Waals surface area contributed by atoms with E-state index in [1.165, 1.54) is 24.6 Å². The van der Waals surface area contributed by atoms with E-state index < -0.39 is 35.7 Å². The van der Waals surface area contributed by atoms with Crippen molar-refractivity contribution in [3.05, 3.63) is 117 Å². The quantitative estimate of drug-likeness (QED) is 0.0530. The molecule has 0 saturated heterocycles. The maximum absolute atomic E-state index is 11.8. The summed E-state index contributed by atoms with van der Waals surface area (Å²) in [5.74, 6) is -5.50. The largest absolute Gasteiger partial charge is 3.00 e. The SMILES string of the molecule is CC(=O)[O-].CC(=O)[O-].CC(=O)[O-].CC(=O)[O-].CO.CO.CO.CO.O=C(N/N=C/c1ccccc1[O-])c1ccc[nH]c1=S.O=C(N/N=C/c1ccccc1[O-])c1ccc[nH]c1=S.[Sm+3].[Sm+3]. The number of pyridine rings is 2. The molecule has 64 heavy (non-hydrogen) atoms. The minimum Gasteiger partial charge on any atom is -0.872 e. The number of rotatable bonds is 6. The monoisotopic (exact) mass is 1210 g/mol. The van der Waals surface area contributed by atoms with Gasteiger partial charge in [-0.05, 0) is 63.1 Å². The van der Waals surface area contributed by atoms with Crippen molar-refractivity contribution in [1.82, 2.24) is 20.8 Å². The molecule has 350 valence electrons. The van der Waals surface area contributed by atoms with Crippen LogP contribution in [-0.4, -0.2) is 107 Å². The molecule has 2 aromatic heterocycles. The Bertz CT molecular complexity index is 1850. The molecule has 8 N–H and O–H groups in total. The Morgan fingerprint density at radius 3 is 0.953 bits per heavy atom. The summed E-state index contributed by atoms with van der Waals surface area (Å²) in [5, 5.41) is 93.8. The smallest absolute Gasteiger partial charge is 0.872 e. The summed E-state index contributed by atoms with van der Waals surface area (Å²) in [5.41, 5.74) is 6.10. The van der Waals surface area contributed by atoms with E-state index in [-0.39, 0.29) is 92.3 Å². The third-order valence-electron chi connectivity index (χ3n) is 4.70. The fourth-order valence-corrected chi connectivity index (χ4v) is 3.27. The minimum atomic E-state index is -1.08. The molecule has 0 saturated carbocycles. The first-order chi connectivity index (χ1) is 29.3. The van der Waals surface area contributed by atoms with Gasteiger partial charge < -0.3 is 80.2 Å². The van der Waals surface area contributed by atoms with E-state index in [2.05, 4.69) is 31.0 Å². The van der Waals surface area contributed by atoms with Crippen LogP contribution in [0.3, 0.4) is 0 Å². The Morgan fingerprint density at radius 1 is 0.500 bits per heavy atom. The molecule has 2 radical (unpaired) electrons. The predicted molar refractivity (Wildman–Crippen MR) is 220 cm³/mol. The molecule has 2 amide bonds. The van der Waals surface area contributed by atoms with Gasteiger partial charge in [0.05, 0.1) is 23.6 Å². The molecule has 0 aliphatic heterocycles. The molecule has 0 fully saturated rings. The van der Waals surface area contributed by atoms with Crippen molar-refractivity contribution in [1.29, 1.82) is 0 Å². The van der Waals surface area contributed by atoms with E-state index in [9.17, 15) is 19.8 Å². The Labute approximate surface area is 444 Å². The van der Waals surface area contributed by atoms with Crippen LogP contribution >= 0.6 is 24.4 Å². The number of benzene rings is 2. The molecule has 0 unspecified atom stereocenters. The van der Waals surface area contributed by atoms with Crippen molar-refractivity contribution in [2.75, 3.05) is 28.4 Å². The van der Waals surface area contributed by atoms with Crippen molar-refractivity contribution < 1.29 is 161 Å². The first kappa shape index (κ1) is 76.7. The summed E-state index contributed by atoms with van der Waals surface area (Å²) in [6.45, 7) is 3.89. The number of carboxylic acids is 4. The molecule has 0 aliphatic rings. The second-order valence-corrected chi connectivity index (χ2v) is 10.1. The number of nitrogens with one attached hydrogen (secondary N) is 4. The van der Waals surface area contributed by atoms with Crippen molar-refractivity contribution >= 4 is 72.6 Å². The van der Waals surface area contributed by atoms with Crippen molar-refractivity contribution in [2.45, 2.75) is 27.7 Å². The zero-order chi connectivity index (χ0) is 49.6. The molecule has 4 rings (SSSR count). The number of amides is 2. The van der Waals surface area contributed by atoms with Crippen LogP contribution in [0.5, 0.6) is 11.5 Å². The summed E-state index contributed by atoms with van der Waals surface area (Å²) in [4.78, 5) is 64.6. The van der Waals surface area contributed by atoms with Crippen LogP contribution in [-0.2, 0) is 19.2 Å². The maximum atomic E-state index is 11.8. The van der Waals surface area contributed by atoms with Crippen LogP contribution < -0.4 is 41.5 Å². The Hall–Kier alpha value is -4.54. The van der Waals surface area contributed by atoms with Gasteiger partial charge >= 0.3 is 80.8 Å². The fourth-order valence-electron chi connectivity index (χ4n) is 2.82. The van der Waals surface area contributed by atoms with Crippen molar-refractivity contribution in [3.8, 4) is 11.5 Å². The first-order valence-corrected chi connectivity index (χ1v) is 17.1. The number of hydrazone groups is 2. The van der Waals surface area contributed by atoms with E-state index in [0.29, 0.717) is 31.5 Å². The van der Waals surface area contributed by atoms with Gasteiger partial charge in [0.1, 0.15) is 9.28 Å². The van der Waals surface area contributed by atoms with Crippen LogP contribution in [0.2, 0.25) is 0 Å². The zero-order valence-corrected chi connectivity index (χ0v) is 42.3. The van der Waals surface area contributed by atoms with Gasteiger partial charge in [-0.2, -0.15) is 10.2 Å². The molecule has 2 aromatic carbocycles. The van der Waals surface area contributed by atoms with E-state index in [1.54, 1.807) is 73.1 Å². The molecule has 22 nitrogen and oxygen atoms in total. The summed E-state index contributed by atoms with van der Waals surface area (Å²) in [7, 11) is 4.00. The van der Waals surface area contributed by atoms with E-state index in [1.807, 2.05) is 0 Å². The Morgan fingerprint density at radius 2 is 0.734 bits per heavy atom. The number of para-hydroxylation sites is 2. The average molecular weight is 1210 g/mol. The molecular formula is C38H48N6O16S2Sm2. The van der Waals surface area contributed by atoms with Crippen LogP contribution in [0.4, 0.5) is 0 Å². The van der Waals surface area contributed by atoms with Crippen LogP contribution in [0.25, 0.3) is 0 Å². The number of H-pyrrole nitrogens is 2. The van der Waals surface area contributed by atoms with Gasteiger partial charge in [-0.15, -0.1) is 0 Å². The number of hydrogen-bond donors (Lipinski definition) is 8. The van der Waals surface area contributed by atoms with Crippen molar-refractivity contribution in [2.24, 2.45) is 10.2 Å². The molecule has 0 spiro atoms. The second kappa shape index (κ2) is 54.6. The molecule has 26 heteroatoms. The normalized spacial score (nSPS) is 8.19. The van der Waals surface area contributed by atoms with Crippen LogP contribution in [0.15, 0.2) is 95.4 Å². The zero-order valence-electron chi connectivity index (χ0n) is 35.5. The van der Waals surface area contributed by atoms with Gasteiger partial charge in [-0.3, -0.25) is 9.59 Å². The van der Waals surface area contributed by atoms with Crippen molar-refractivity contribution in [3.63, 3.8) is 0 Å². The Kier molecular flexibility index (Phi) is 65.4. The second-order valence-electron chi connectivity index (χ2n) is 9.27. The van der Waals surface area contributed by atoms with E-state index in [4.69, 9.17) is 84.5 Å². The Balaban J connectivity index is -0.000000108. The molecule has 2 heterocycles. The molecular weight excluding hydrogens is 1160 g/mol. The summed E-state index contributed by atoms with van der Waals surface area (Å²) >= 11 is 9.95. The van der Waals surface area contributed by atoms with E-state index in [0.717, 1.165) is 56.1 Å². The summed E-state index contributed by atoms with van der Waals surface area (Å²) in [6.07, 6.45) is 5.87. The maximum Gasteiger partial charge on any atom is 3.00 e. The van der Waals surface area contributed by atoms with Gasteiger partial charge in [0, 0.05) is 64.7 Å². The molecule has 0 atom stereocenters. The number of carbonyl (C=O) groups is 6. The number of carbonyl (C=O) groups excluding carboxylic acids is 6. The number of aliphatic hydroxyl groups excluding tert-OH is 4. The summed E-state index contributed by atoms with van der Waals surface area (Å²) < 4.78 is 0.666. The number of nitrogens with zero attached hydrogens (tertiary/aromatic N) is 2. The predicted octanol–water partition coefficient (Wildman–Crippen LogP) is -3.38. The third kappa shape index (κ3) is 51.8. The molecule has 0 aliphatic carbocycles. The van der Waals surface area contributed by atoms with Gasteiger partial charge in [0.25, 0.3) is 11.8 Å². The molecule has 4 aromatic rings. The summed E-state index contributed by atoms with van der Waals surface area (Å²) in [6, 6.07) is 19.3. The number of aromatic nitrogens is 2. The van der Waals surface area contributed by atoms with E-state index >= 15 is 0 Å². The number of carboxylic acid groups (broad SMARTS) is 4. The first-order valence-electron chi connectivity index (χ1n) is 16.3. The van der Waals surface area contributed by atoms with Crippen LogP contribution in [0.1, 0.15) is 59.5 Å². The molecule has 0 bridgehead atoms. The minimum absolute atomic E-state index is 0. The fraction of sp³-hybridized carbons (Fsp3) is 0.211. The van der Waals surface area contributed by atoms with Gasteiger partial charge in [0.2, 0.25) is 0 Å². The number of aliphatic hydroxyl groups is 4. The van der Waals surface area contributed by atoms with Gasteiger partial charge in [-0.25, -0.2) is 10.9 Å². The third-order valence-corrected chi connectivity index (χ3v) is 5.38. The van der Waals surface area contributed by atoms with Crippen LogP contribution in [0, 0.1) is 90.1 Å². The number of hydrogen-bond acceptors (Lipinski definition) is 20. The van der Waals surface area contributed by atoms with Gasteiger partial charge in [-0.1, -0.05) is 84.5 Å².